The average molecular weight is 191 g/mol. The standard InChI is InChI=1S/C8H9N5O/c1-5-10-2-3-13(5)7-6(9)8(14)12-4-11-7/h2-4H,9H2,1H3,(H,11,12,14). The van der Waals surface area contributed by atoms with Gasteiger partial charge in [-0.05, 0) is 6.92 Å². The van der Waals surface area contributed by atoms with Crippen LogP contribution in [0, 0.1) is 6.92 Å². The van der Waals surface area contributed by atoms with Crippen LogP contribution in [-0.2, 0) is 0 Å². The maximum atomic E-state index is 11.2. The zero-order valence-electron chi connectivity index (χ0n) is 7.56. The lowest BCUT2D eigenvalue weighted by Gasteiger charge is -2.04. The highest BCUT2D eigenvalue weighted by Gasteiger charge is 2.07. The first-order valence-electron chi connectivity index (χ1n) is 4.03. The van der Waals surface area contributed by atoms with Crippen LogP contribution in [-0.4, -0.2) is 19.5 Å². The molecule has 0 saturated heterocycles. The maximum absolute atomic E-state index is 11.2. The number of aromatic nitrogens is 4. The second-order valence-electron chi connectivity index (χ2n) is 2.81. The van der Waals surface area contributed by atoms with E-state index in [1.807, 2.05) is 6.92 Å². The second kappa shape index (κ2) is 2.99. The summed E-state index contributed by atoms with van der Waals surface area (Å²) in [7, 11) is 0. The van der Waals surface area contributed by atoms with Gasteiger partial charge in [-0.25, -0.2) is 9.97 Å². The predicted octanol–water partition coefficient (Wildman–Crippen LogP) is -0.154. The molecule has 0 spiro atoms. The monoisotopic (exact) mass is 191 g/mol. The Morgan fingerprint density at radius 1 is 1.50 bits per heavy atom. The molecule has 0 fully saturated rings. The summed E-state index contributed by atoms with van der Waals surface area (Å²) < 4.78 is 1.66. The van der Waals surface area contributed by atoms with Crippen LogP contribution in [0.4, 0.5) is 5.69 Å². The SMILES string of the molecule is Cc1nccn1-c1nc[nH]c(=O)c1N. The summed E-state index contributed by atoms with van der Waals surface area (Å²) in [5, 5.41) is 0. The van der Waals surface area contributed by atoms with Crippen molar-refractivity contribution in [2.75, 3.05) is 5.73 Å². The molecule has 2 heterocycles. The van der Waals surface area contributed by atoms with Crippen LogP contribution in [0.2, 0.25) is 0 Å². The van der Waals surface area contributed by atoms with Gasteiger partial charge in [0.05, 0.1) is 6.33 Å². The molecule has 72 valence electrons. The Morgan fingerprint density at radius 2 is 2.29 bits per heavy atom. The molecule has 0 aromatic carbocycles. The third-order valence-corrected chi connectivity index (χ3v) is 1.92. The number of rotatable bonds is 1. The van der Waals surface area contributed by atoms with Crippen molar-refractivity contribution in [2.45, 2.75) is 6.92 Å². The van der Waals surface area contributed by atoms with Gasteiger partial charge in [-0.1, -0.05) is 0 Å². The van der Waals surface area contributed by atoms with Crippen LogP contribution in [0.3, 0.4) is 0 Å². The molecule has 0 atom stereocenters. The average Bonchev–Trinajstić information content (AvgIpc) is 2.57. The fourth-order valence-corrected chi connectivity index (χ4v) is 1.19. The number of anilines is 1. The topological polar surface area (TPSA) is 89.6 Å². The van der Waals surface area contributed by atoms with Crippen molar-refractivity contribution in [3.05, 3.63) is 34.9 Å². The van der Waals surface area contributed by atoms with E-state index >= 15 is 0 Å². The highest BCUT2D eigenvalue weighted by Crippen LogP contribution is 2.09. The molecule has 0 bridgehead atoms. The van der Waals surface area contributed by atoms with Gasteiger partial charge < -0.3 is 10.7 Å². The van der Waals surface area contributed by atoms with Crippen molar-refractivity contribution >= 4 is 5.69 Å². The lowest BCUT2D eigenvalue weighted by molar-refractivity contribution is 0.917. The highest BCUT2D eigenvalue weighted by molar-refractivity contribution is 5.50. The minimum Gasteiger partial charge on any atom is -0.391 e. The Labute approximate surface area is 79.4 Å². The van der Waals surface area contributed by atoms with Gasteiger partial charge in [-0.2, -0.15) is 0 Å². The second-order valence-corrected chi connectivity index (χ2v) is 2.81. The molecule has 3 N–H and O–H groups in total. The van der Waals surface area contributed by atoms with Gasteiger partial charge in [0.25, 0.3) is 5.56 Å². The smallest absolute Gasteiger partial charge is 0.276 e. The molecule has 0 unspecified atom stereocenters. The lowest BCUT2D eigenvalue weighted by Crippen LogP contribution is -2.16. The van der Waals surface area contributed by atoms with Gasteiger partial charge >= 0.3 is 0 Å². The third-order valence-electron chi connectivity index (χ3n) is 1.92. The molecule has 0 radical (unpaired) electrons. The molecule has 6 heteroatoms. The van der Waals surface area contributed by atoms with Gasteiger partial charge in [0.2, 0.25) is 0 Å². The summed E-state index contributed by atoms with van der Waals surface area (Å²) in [6.07, 6.45) is 4.64. The molecule has 0 aliphatic rings. The van der Waals surface area contributed by atoms with Crippen LogP contribution in [0.5, 0.6) is 0 Å². The van der Waals surface area contributed by atoms with E-state index in [-0.39, 0.29) is 11.2 Å². The molecule has 6 nitrogen and oxygen atoms in total. The van der Waals surface area contributed by atoms with E-state index in [1.54, 1.807) is 17.0 Å². The Kier molecular flexibility index (Phi) is 1.81. The van der Waals surface area contributed by atoms with Gasteiger partial charge in [-0.15, -0.1) is 0 Å². The Balaban J connectivity index is 2.69. The van der Waals surface area contributed by atoms with Crippen molar-refractivity contribution in [3.63, 3.8) is 0 Å². The van der Waals surface area contributed by atoms with Crippen LogP contribution in [0.1, 0.15) is 5.82 Å². The van der Waals surface area contributed by atoms with E-state index in [1.165, 1.54) is 6.33 Å². The normalized spacial score (nSPS) is 10.4. The zero-order valence-corrected chi connectivity index (χ0v) is 7.56. The number of hydrogen-bond donors (Lipinski definition) is 2. The fraction of sp³-hybridized carbons (Fsp3) is 0.125. The number of aryl methyl sites for hydroxylation is 1. The first-order valence-corrected chi connectivity index (χ1v) is 4.03. The molecule has 0 aliphatic heterocycles. The zero-order chi connectivity index (χ0) is 10.1. The maximum Gasteiger partial charge on any atom is 0.276 e. The minimum atomic E-state index is -0.344. The summed E-state index contributed by atoms with van der Waals surface area (Å²) in [6.45, 7) is 1.81. The molecule has 0 aliphatic carbocycles. The van der Waals surface area contributed by atoms with Crippen molar-refractivity contribution in [2.24, 2.45) is 0 Å². The van der Waals surface area contributed by atoms with Gasteiger partial charge in [0.1, 0.15) is 11.5 Å². The molecule has 0 saturated carbocycles. The van der Waals surface area contributed by atoms with Gasteiger partial charge in [0, 0.05) is 12.4 Å². The summed E-state index contributed by atoms with van der Waals surface area (Å²) in [5.41, 5.74) is 5.33. The molecular weight excluding hydrogens is 182 g/mol. The minimum absolute atomic E-state index is 0.0913. The van der Waals surface area contributed by atoms with E-state index in [9.17, 15) is 4.79 Å². The van der Waals surface area contributed by atoms with Gasteiger partial charge in [0.15, 0.2) is 5.82 Å². The lowest BCUT2D eigenvalue weighted by atomic mass is 10.4. The first kappa shape index (κ1) is 8.49. The fourth-order valence-electron chi connectivity index (χ4n) is 1.19. The summed E-state index contributed by atoms with van der Waals surface area (Å²) in [6, 6.07) is 0. The molecule has 14 heavy (non-hydrogen) atoms. The van der Waals surface area contributed by atoms with Crippen LogP contribution in [0.15, 0.2) is 23.5 Å². The van der Waals surface area contributed by atoms with Crippen molar-refractivity contribution < 1.29 is 0 Å². The van der Waals surface area contributed by atoms with Crippen molar-refractivity contribution in [1.29, 1.82) is 0 Å². The van der Waals surface area contributed by atoms with E-state index in [2.05, 4.69) is 15.0 Å². The van der Waals surface area contributed by atoms with Crippen LogP contribution >= 0.6 is 0 Å². The summed E-state index contributed by atoms with van der Waals surface area (Å²) >= 11 is 0. The predicted molar refractivity (Wildman–Crippen MR) is 51.1 cm³/mol. The highest BCUT2D eigenvalue weighted by atomic mass is 16.1. The summed E-state index contributed by atoms with van der Waals surface area (Å²) in [5.74, 6) is 1.14. The number of nitrogens with one attached hydrogen (secondary N) is 1. The Bertz CT molecular complexity index is 512. The number of imidazole rings is 1. The van der Waals surface area contributed by atoms with Crippen LogP contribution in [0.25, 0.3) is 5.82 Å². The van der Waals surface area contributed by atoms with E-state index < -0.39 is 0 Å². The van der Waals surface area contributed by atoms with E-state index in [0.29, 0.717) is 5.82 Å². The third kappa shape index (κ3) is 1.17. The van der Waals surface area contributed by atoms with Gasteiger partial charge in [-0.3, -0.25) is 9.36 Å². The molecule has 2 rings (SSSR count). The number of aromatic amines is 1. The molecular formula is C8H9N5O. The van der Waals surface area contributed by atoms with E-state index in [4.69, 9.17) is 5.73 Å². The van der Waals surface area contributed by atoms with E-state index in [0.717, 1.165) is 5.82 Å². The summed E-state index contributed by atoms with van der Waals surface area (Å²) in [4.78, 5) is 21.6. The largest absolute Gasteiger partial charge is 0.391 e. The van der Waals surface area contributed by atoms with Crippen molar-refractivity contribution in [3.8, 4) is 5.82 Å². The molecule has 2 aromatic heterocycles. The Morgan fingerprint density at radius 3 is 2.93 bits per heavy atom. The quantitative estimate of drug-likeness (QED) is 0.655. The van der Waals surface area contributed by atoms with Crippen LogP contribution < -0.4 is 11.3 Å². The van der Waals surface area contributed by atoms with Crippen molar-refractivity contribution in [1.82, 2.24) is 19.5 Å². The molecule has 2 aromatic rings. The number of nitrogens with zero attached hydrogens (tertiary/aromatic N) is 3. The molecule has 0 amide bonds. The number of nitrogens with two attached hydrogens (primary N) is 1. The first-order chi connectivity index (χ1) is 6.70. The Hall–Kier alpha value is -2.11. The number of H-pyrrole nitrogens is 1. The number of hydrogen-bond acceptors (Lipinski definition) is 4. The number of nitrogen functional groups attached to an aromatic ring is 1.